The topological polar surface area (TPSA) is 41.6 Å². The van der Waals surface area contributed by atoms with Gasteiger partial charge in [0.2, 0.25) is 0 Å². The Bertz CT molecular complexity index is 823. The van der Waals surface area contributed by atoms with E-state index in [0.29, 0.717) is 0 Å². The predicted molar refractivity (Wildman–Crippen MR) is 120 cm³/mol. The number of carbonyl (C=O) groups is 1. The van der Waals surface area contributed by atoms with E-state index in [4.69, 9.17) is 4.74 Å². The van der Waals surface area contributed by atoms with Gasteiger partial charge in [0.1, 0.15) is 5.75 Å². The van der Waals surface area contributed by atoms with E-state index in [1.54, 1.807) is 6.92 Å². The highest BCUT2D eigenvalue weighted by Gasteiger charge is 2.19. The van der Waals surface area contributed by atoms with Crippen LogP contribution in [0, 0.1) is 19.8 Å². The Morgan fingerprint density at radius 1 is 1.03 bits per heavy atom. The van der Waals surface area contributed by atoms with Gasteiger partial charge in [0.05, 0.1) is 6.04 Å². The fourth-order valence-corrected chi connectivity index (χ4v) is 3.70. The first-order chi connectivity index (χ1) is 13.8. The number of hydrogen-bond donors (Lipinski definition) is 1. The van der Waals surface area contributed by atoms with Crippen LogP contribution in [0.25, 0.3) is 0 Å². The smallest absolute Gasteiger partial charge is 0.261 e. The van der Waals surface area contributed by atoms with E-state index < -0.39 is 6.10 Å². The molecular weight excluding hydrogens is 360 g/mol. The molecule has 0 aromatic heterocycles. The summed E-state index contributed by atoms with van der Waals surface area (Å²) >= 11 is 0. The van der Waals surface area contributed by atoms with Crippen molar-refractivity contribution < 1.29 is 9.53 Å². The number of benzene rings is 2. The van der Waals surface area contributed by atoms with E-state index in [0.717, 1.165) is 35.9 Å². The van der Waals surface area contributed by atoms with Crippen molar-refractivity contribution in [2.75, 3.05) is 18.0 Å². The van der Waals surface area contributed by atoms with E-state index in [2.05, 4.69) is 48.3 Å². The molecule has 2 aromatic rings. The van der Waals surface area contributed by atoms with Crippen LogP contribution in [-0.2, 0) is 4.79 Å². The van der Waals surface area contributed by atoms with Gasteiger partial charge in [0.15, 0.2) is 6.10 Å². The third kappa shape index (κ3) is 5.53. The Hall–Kier alpha value is -2.49. The van der Waals surface area contributed by atoms with Crippen molar-refractivity contribution in [1.29, 1.82) is 0 Å². The molecule has 156 valence electrons. The van der Waals surface area contributed by atoms with Crippen LogP contribution in [0.15, 0.2) is 42.5 Å². The quantitative estimate of drug-likeness (QED) is 0.733. The number of amides is 1. The van der Waals surface area contributed by atoms with Crippen LogP contribution >= 0.6 is 0 Å². The molecule has 2 aromatic carbocycles. The molecule has 0 bridgehead atoms. The Morgan fingerprint density at radius 2 is 1.69 bits per heavy atom. The largest absolute Gasteiger partial charge is 0.481 e. The first-order valence-electron chi connectivity index (χ1n) is 10.7. The lowest BCUT2D eigenvalue weighted by Crippen LogP contribution is -2.37. The molecule has 1 aliphatic rings. The zero-order valence-corrected chi connectivity index (χ0v) is 18.4. The number of ether oxygens (including phenoxy) is 1. The monoisotopic (exact) mass is 394 g/mol. The van der Waals surface area contributed by atoms with Gasteiger partial charge in [-0.3, -0.25) is 4.79 Å². The van der Waals surface area contributed by atoms with Crippen LogP contribution in [0.3, 0.4) is 0 Å². The average Bonchev–Trinajstić information content (AvgIpc) is 2.71. The van der Waals surface area contributed by atoms with Crippen molar-refractivity contribution in [3.8, 4) is 5.75 Å². The van der Waals surface area contributed by atoms with Gasteiger partial charge in [-0.1, -0.05) is 25.1 Å². The molecule has 1 aliphatic heterocycles. The molecule has 3 rings (SSSR count). The number of hydrogen-bond acceptors (Lipinski definition) is 3. The summed E-state index contributed by atoms with van der Waals surface area (Å²) in [6, 6.07) is 14.4. The SMILES string of the molecule is Cc1ccc(O[C@@H](C)C(=O)N[C@H](C)c2ccc(N3CCC(C)CC3)cc2)cc1C. The summed E-state index contributed by atoms with van der Waals surface area (Å²) in [6.45, 7) is 12.5. The van der Waals surface area contributed by atoms with Gasteiger partial charge in [-0.15, -0.1) is 0 Å². The normalized spacial score (nSPS) is 16.9. The number of anilines is 1. The van der Waals surface area contributed by atoms with E-state index in [-0.39, 0.29) is 11.9 Å². The summed E-state index contributed by atoms with van der Waals surface area (Å²) in [5.74, 6) is 1.45. The van der Waals surface area contributed by atoms with Crippen molar-refractivity contribution >= 4 is 11.6 Å². The summed E-state index contributed by atoms with van der Waals surface area (Å²) in [7, 11) is 0. The number of rotatable bonds is 6. The average molecular weight is 395 g/mol. The zero-order valence-electron chi connectivity index (χ0n) is 18.4. The lowest BCUT2D eigenvalue weighted by molar-refractivity contribution is -0.127. The third-order valence-electron chi connectivity index (χ3n) is 6.06. The van der Waals surface area contributed by atoms with Crippen LogP contribution in [0.4, 0.5) is 5.69 Å². The fraction of sp³-hybridized carbons (Fsp3) is 0.480. The zero-order chi connectivity index (χ0) is 21.0. The summed E-state index contributed by atoms with van der Waals surface area (Å²) in [5.41, 5.74) is 4.74. The van der Waals surface area contributed by atoms with Gasteiger partial charge in [-0.05, 0) is 87.4 Å². The van der Waals surface area contributed by atoms with Crippen molar-refractivity contribution in [1.82, 2.24) is 5.32 Å². The molecule has 29 heavy (non-hydrogen) atoms. The number of piperidine rings is 1. The molecule has 0 radical (unpaired) electrons. The van der Waals surface area contributed by atoms with E-state index >= 15 is 0 Å². The van der Waals surface area contributed by atoms with E-state index in [1.807, 2.05) is 32.0 Å². The molecule has 1 heterocycles. The predicted octanol–water partition coefficient (Wildman–Crippen LogP) is 5.18. The summed E-state index contributed by atoms with van der Waals surface area (Å²) < 4.78 is 5.84. The number of nitrogens with one attached hydrogen (secondary N) is 1. The molecule has 4 heteroatoms. The maximum atomic E-state index is 12.6. The molecule has 0 saturated carbocycles. The maximum Gasteiger partial charge on any atom is 0.261 e. The van der Waals surface area contributed by atoms with Crippen molar-refractivity contribution in [2.24, 2.45) is 5.92 Å². The highest BCUT2D eigenvalue weighted by molar-refractivity contribution is 5.81. The lowest BCUT2D eigenvalue weighted by Gasteiger charge is -2.32. The van der Waals surface area contributed by atoms with Crippen LogP contribution in [0.1, 0.15) is 56.3 Å². The Balaban J connectivity index is 1.55. The number of nitrogens with zero attached hydrogens (tertiary/aromatic N) is 1. The molecule has 1 saturated heterocycles. The second kappa shape index (κ2) is 9.34. The van der Waals surface area contributed by atoms with Gasteiger partial charge in [0.25, 0.3) is 5.91 Å². The van der Waals surface area contributed by atoms with Gasteiger partial charge >= 0.3 is 0 Å². The van der Waals surface area contributed by atoms with Gasteiger partial charge < -0.3 is 15.0 Å². The van der Waals surface area contributed by atoms with Crippen LogP contribution in [-0.4, -0.2) is 25.1 Å². The Kier molecular flexibility index (Phi) is 6.83. The summed E-state index contributed by atoms with van der Waals surface area (Å²) in [6.07, 6.45) is 1.97. The molecule has 4 nitrogen and oxygen atoms in total. The highest BCUT2D eigenvalue weighted by atomic mass is 16.5. The summed E-state index contributed by atoms with van der Waals surface area (Å²) in [4.78, 5) is 15.0. The van der Waals surface area contributed by atoms with E-state index in [9.17, 15) is 4.79 Å². The molecular formula is C25H34N2O2. The highest BCUT2D eigenvalue weighted by Crippen LogP contribution is 2.25. The van der Waals surface area contributed by atoms with Crippen molar-refractivity contribution in [3.63, 3.8) is 0 Å². The van der Waals surface area contributed by atoms with Crippen molar-refractivity contribution in [3.05, 3.63) is 59.2 Å². The van der Waals surface area contributed by atoms with Gasteiger partial charge in [-0.25, -0.2) is 0 Å². The second-order valence-electron chi connectivity index (χ2n) is 8.50. The van der Waals surface area contributed by atoms with Crippen LogP contribution in [0.2, 0.25) is 0 Å². The van der Waals surface area contributed by atoms with E-state index in [1.165, 1.54) is 24.1 Å². The minimum Gasteiger partial charge on any atom is -0.481 e. The molecule has 0 unspecified atom stereocenters. The minimum atomic E-state index is -0.547. The second-order valence-corrected chi connectivity index (χ2v) is 8.50. The molecule has 1 amide bonds. The minimum absolute atomic E-state index is 0.0660. The molecule has 2 atom stereocenters. The molecule has 0 spiro atoms. The molecule has 1 N–H and O–H groups in total. The Labute approximate surface area is 175 Å². The lowest BCUT2D eigenvalue weighted by atomic mass is 9.98. The van der Waals surface area contributed by atoms with Gasteiger partial charge in [0, 0.05) is 18.8 Å². The number of carbonyl (C=O) groups excluding carboxylic acids is 1. The fourth-order valence-electron chi connectivity index (χ4n) is 3.70. The van der Waals surface area contributed by atoms with Crippen LogP contribution in [0.5, 0.6) is 5.75 Å². The number of aryl methyl sites for hydroxylation is 2. The molecule has 0 aliphatic carbocycles. The van der Waals surface area contributed by atoms with Crippen molar-refractivity contribution in [2.45, 2.75) is 59.6 Å². The molecule has 1 fully saturated rings. The van der Waals surface area contributed by atoms with Gasteiger partial charge in [-0.2, -0.15) is 0 Å². The standard InChI is InChI=1S/C25H34N2O2/c1-17-12-14-27(15-13-17)23-9-7-22(8-10-23)20(4)26-25(28)21(5)29-24-11-6-18(2)19(3)16-24/h6-11,16-17,20-21H,12-15H2,1-5H3,(H,26,28)/t20-,21+/m1/s1. The first kappa shape index (κ1) is 21.2. The summed E-state index contributed by atoms with van der Waals surface area (Å²) in [5, 5.41) is 3.07. The Morgan fingerprint density at radius 3 is 2.31 bits per heavy atom. The maximum absolute atomic E-state index is 12.6. The third-order valence-corrected chi connectivity index (χ3v) is 6.06. The first-order valence-corrected chi connectivity index (χ1v) is 10.7. The van der Waals surface area contributed by atoms with Crippen LogP contribution < -0.4 is 15.0 Å².